The van der Waals surface area contributed by atoms with Crippen LogP contribution in [0.25, 0.3) is 0 Å². The highest BCUT2D eigenvalue weighted by Gasteiger charge is 2.38. The molecule has 2 aromatic rings. The number of primary amides is 1. The first-order valence-corrected chi connectivity index (χ1v) is 9.21. The molecule has 3 amide bonds. The average Bonchev–Trinajstić information content (AvgIpc) is 3.13. The summed E-state index contributed by atoms with van der Waals surface area (Å²) < 4.78 is 0.583. The highest BCUT2D eigenvalue weighted by molar-refractivity contribution is 8.02. The largest absolute Gasteiger partial charge is 0.369 e. The van der Waals surface area contributed by atoms with Crippen LogP contribution in [0, 0.1) is 0 Å². The molecular formula is C16H13N3O5S2. The van der Waals surface area contributed by atoms with Gasteiger partial charge in [-0.2, -0.15) is 0 Å². The van der Waals surface area contributed by atoms with Crippen molar-refractivity contribution < 1.29 is 24.0 Å². The van der Waals surface area contributed by atoms with E-state index in [-0.39, 0.29) is 17.5 Å². The average molecular weight is 391 g/mol. The molecule has 0 radical (unpaired) electrons. The Balaban J connectivity index is 1.62. The van der Waals surface area contributed by atoms with Gasteiger partial charge < -0.3 is 10.6 Å². The van der Waals surface area contributed by atoms with Crippen molar-refractivity contribution >= 4 is 46.8 Å². The molecule has 1 aromatic carbocycles. The van der Waals surface area contributed by atoms with Gasteiger partial charge in [0.1, 0.15) is 0 Å². The van der Waals surface area contributed by atoms with Crippen LogP contribution in [0.1, 0.15) is 33.3 Å². The lowest BCUT2D eigenvalue weighted by Crippen LogP contribution is -2.33. The lowest BCUT2D eigenvalue weighted by atomic mass is 10.1. The van der Waals surface area contributed by atoms with E-state index in [0.717, 1.165) is 0 Å². The molecule has 1 aromatic heterocycles. The van der Waals surface area contributed by atoms with Gasteiger partial charge in [0.15, 0.2) is 4.34 Å². The minimum atomic E-state index is -0.788. The third-order valence-electron chi connectivity index (χ3n) is 3.48. The summed E-state index contributed by atoms with van der Waals surface area (Å²) in [5, 5.41) is 1.66. The summed E-state index contributed by atoms with van der Waals surface area (Å²) >= 11 is 2.45. The number of carbonyl (C=O) groups excluding carboxylic acids is 4. The monoisotopic (exact) mass is 391 g/mol. The SMILES string of the molecule is CC(Sc1nc(CC(=O)ON2C(=O)c3ccccc3C2=O)cs1)C(N)=O. The maximum Gasteiger partial charge on any atom is 0.339 e. The first-order chi connectivity index (χ1) is 12.4. The summed E-state index contributed by atoms with van der Waals surface area (Å²) in [4.78, 5) is 56.6. The quantitative estimate of drug-likeness (QED) is 0.584. The standard InChI is InChI=1S/C16H13N3O5S2/c1-8(13(17)21)26-16-18-9(7-25-16)6-12(20)24-19-14(22)10-4-2-3-5-11(10)15(19)23/h2-5,7-8H,6H2,1H3,(H2,17,21). The minimum Gasteiger partial charge on any atom is -0.369 e. The lowest BCUT2D eigenvalue weighted by molar-refractivity contribution is -0.167. The Morgan fingerprint density at radius 3 is 2.46 bits per heavy atom. The van der Waals surface area contributed by atoms with Crippen molar-refractivity contribution in [3.05, 3.63) is 46.5 Å². The Morgan fingerprint density at radius 2 is 1.88 bits per heavy atom. The first kappa shape index (κ1) is 18.1. The summed E-state index contributed by atoms with van der Waals surface area (Å²) in [7, 11) is 0. The van der Waals surface area contributed by atoms with Crippen LogP contribution >= 0.6 is 23.1 Å². The van der Waals surface area contributed by atoms with E-state index >= 15 is 0 Å². The van der Waals surface area contributed by atoms with Gasteiger partial charge in [-0.3, -0.25) is 14.4 Å². The second-order valence-electron chi connectivity index (χ2n) is 5.36. The zero-order valence-electron chi connectivity index (χ0n) is 13.5. The van der Waals surface area contributed by atoms with Crippen LogP contribution in [0.3, 0.4) is 0 Å². The third kappa shape index (κ3) is 3.60. The van der Waals surface area contributed by atoms with E-state index in [1.807, 2.05) is 0 Å². The molecule has 134 valence electrons. The van der Waals surface area contributed by atoms with Crippen LogP contribution in [0.4, 0.5) is 0 Å². The smallest absolute Gasteiger partial charge is 0.339 e. The van der Waals surface area contributed by atoms with Crippen molar-refractivity contribution in [1.82, 2.24) is 10.0 Å². The predicted octanol–water partition coefficient (Wildman–Crippen LogP) is 1.41. The zero-order chi connectivity index (χ0) is 18.8. The van der Waals surface area contributed by atoms with E-state index in [9.17, 15) is 19.2 Å². The topological polar surface area (TPSA) is 120 Å². The molecule has 2 N–H and O–H groups in total. The van der Waals surface area contributed by atoms with Crippen LogP contribution in [-0.4, -0.2) is 39.0 Å². The highest BCUT2D eigenvalue weighted by Crippen LogP contribution is 2.27. The Hall–Kier alpha value is -2.72. The van der Waals surface area contributed by atoms with E-state index in [1.54, 1.807) is 24.4 Å². The number of rotatable bonds is 6. The van der Waals surface area contributed by atoms with Crippen LogP contribution < -0.4 is 5.73 Å². The summed E-state index contributed by atoms with van der Waals surface area (Å²) in [6.45, 7) is 1.66. The van der Waals surface area contributed by atoms with Gasteiger partial charge in [-0.05, 0) is 19.1 Å². The van der Waals surface area contributed by atoms with Gasteiger partial charge in [-0.1, -0.05) is 29.0 Å². The summed E-state index contributed by atoms with van der Waals surface area (Å²) in [5.41, 5.74) is 6.00. The van der Waals surface area contributed by atoms with E-state index in [1.165, 1.54) is 35.2 Å². The molecule has 1 aliphatic rings. The molecule has 0 aliphatic carbocycles. The molecule has 0 saturated carbocycles. The second kappa shape index (κ2) is 7.26. The van der Waals surface area contributed by atoms with E-state index in [2.05, 4.69) is 4.98 Å². The number of nitrogens with zero attached hydrogens (tertiary/aromatic N) is 2. The number of thiazole rings is 1. The number of aromatic nitrogens is 1. The van der Waals surface area contributed by atoms with Gasteiger partial charge in [-0.15, -0.1) is 11.3 Å². The second-order valence-corrected chi connectivity index (χ2v) is 7.80. The predicted molar refractivity (Wildman–Crippen MR) is 93.4 cm³/mol. The van der Waals surface area contributed by atoms with Gasteiger partial charge in [-0.25, -0.2) is 9.78 Å². The Kier molecular flexibility index (Phi) is 5.05. The fraction of sp³-hybridized carbons (Fsp3) is 0.188. The van der Waals surface area contributed by atoms with Gasteiger partial charge in [0, 0.05) is 5.38 Å². The van der Waals surface area contributed by atoms with Crippen molar-refractivity contribution in [1.29, 1.82) is 0 Å². The number of imide groups is 1. The Morgan fingerprint density at radius 1 is 1.27 bits per heavy atom. The van der Waals surface area contributed by atoms with Gasteiger partial charge in [0.25, 0.3) is 11.8 Å². The van der Waals surface area contributed by atoms with Crippen molar-refractivity contribution in [3.8, 4) is 0 Å². The normalized spacial score (nSPS) is 14.3. The molecule has 0 saturated heterocycles. The Labute approximate surface area is 156 Å². The summed E-state index contributed by atoms with van der Waals surface area (Å²) in [6.07, 6.45) is -0.213. The highest BCUT2D eigenvalue weighted by atomic mass is 32.2. The molecule has 2 heterocycles. The van der Waals surface area contributed by atoms with Crippen LogP contribution in [0.15, 0.2) is 34.0 Å². The van der Waals surface area contributed by atoms with Crippen LogP contribution in [0.2, 0.25) is 0 Å². The van der Waals surface area contributed by atoms with Crippen molar-refractivity contribution in [2.24, 2.45) is 5.73 Å². The molecule has 1 unspecified atom stereocenters. The zero-order valence-corrected chi connectivity index (χ0v) is 15.1. The molecule has 1 atom stereocenters. The van der Waals surface area contributed by atoms with Crippen molar-refractivity contribution in [3.63, 3.8) is 0 Å². The lowest BCUT2D eigenvalue weighted by Gasteiger charge is -2.12. The Bertz CT molecular complexity index is 876. The van der Waals surface area contributed by atoms with E-state index in [4.69, 9.17) is 10.6 Å². The number of hydrogen-bond donors (Lipinski definition) is 1. The molecule has 1 aliphatic heterocycles. The first-order valence-electron chi connectivity index (χ1n) is 7.46. The number of fused-ring (bicyclic) bond motifs is 1. The number of benzene rings is 1. The minimum absolute atomic E-state index is 0.193. The molecule has 0 spiro atoms. The molecule has 3 rings (SSSR count). The molecule has 0 bridgehead atoms. The number of thioether (sulfide) groups is 1. The molecule has 10 heteroatoms. The maximum atomic E-state index is 12.2. The van der Waals surface area contributed by atoms with Gasteiger partial charge >= 0.3 is 5.97 Å². The number of hydroxylamine groups is 2. The molecule has 0 fully saturated rings. The molecular weight excluding hydrogens is 378 g/mol. The number of hydrogen-bond acceptors (Lipinski definition) is 8. The van der Waals surface area contributed by atoms with Gasteiger partial charge in [0.05, 0.1) is 28.5 Å². The number of nitrogens with two attached hydrogens (primary N) is 1. The maximum absolute atomic E-state index is 12.2. The van der Waals surface area contributed by atoms with E-state index < -0.39 is 28.9 Å². The molecule has 8 nitrogen and oxygen atoms in total. The molecule has 26 heavy (non-hydrogen) atoms. The van der Waals surface area contributed by atoms with Crippen molar-refractivity contribution in [2.75, 3.05) is 0 Å². The number of carbonyl (C=O) groups is 4. The summed E-state index contributed by atoms with van der Waals surface area (Å²) in [6, 6.07) is 6.23. The van der Waals surface area contributed by atoms with Crippen LogP contribution in [0.5, 0.6) is 0 Å². The van der Waals surface area contributed by atoms with E-state index in [0.29, 0.717) is 15.1 Å². The van der Waals surface area contributed by atoms with Crippen LogP contribution in [-0.2, 0) is 20.8 Å². The third-order valence-corrected chi connectivity index (χ3v) is 5.62. The fourth-order valence-electron chi connectivity index (χ4n) is 2.17. The van der Waals surface area contributed by atoms with Crippen molar-refractivity contribution in [2.45, 2.75) is 22.9 Å². The fourth-order valence-corrected chi connectivity index (χ4v) is 4.10. The van der Waals surface area contributed by atoms with Gasteiger partial charge in [0.2, 0.25) is 5.91 Å². The summed E-state index contributed by atoms with van der Waals surface area (Å²) in [5.74, 6) is -2.60. The number of amides is 3.